The van der Waals surface area contributed by atoms with Crippen molar-refractivity contribution in [3.8, 4) is 0 Å². The van der Waals surface area contributed by atoms with Crippen LogP contribution in [-0.4, -0.2) is 11.6 Å². The molecule has 1 saturated carbocycles. The zero-order valence-electron chi connectivity index (χ0n) is 15.7. The molecule has 0 amide bonds. The second-order valence-electron chi connectivity index (χ2n) is 8.08. The average Bonchev–Trinajstić information content (AvgIpc) is 2.80. The quantitative estimate of drug-likeness (QED) is 0.726. The normalized spacial score (nSPS) is 31.5. The van der Waals surface area contributed by atoms with Gasteiger partial charge in [0.15, 0.2) is 11.6 Å². The topological polar surface area (TPSA) is 34.1 Å². The van der Waals surface area contributed by atoms with E-state index in [1.165, 1.54) is 11.1 Å². The first kappa shape index (κ1) is 17.8. The minimum atomic E-state index is 0.153. The van der Waals surface area contributed by atoms with Crippen molar-refractivity contribution in [2.75, 3.05) is 0 Å². The Labute approximate surface area is 151 Å². The Bertz CT molecular complexity index is 736. The van der Waals surface area contributed by atoms with Crippen molar-refractivity contribution in [2.45, 2.75) is 47.0 Å². The van der Waals surface area contributed by atoms with Crippen LogP contribution >= 0.6 is 0 Å². The van der Waals surface area contributed by atoms with Crippen LogP contribution in [0.25, 0.3) is 6.08 Å². The summed E-state index contributed by atoms with van der Waals surface area (Å²) < 4.78 is 0. The largest absolute Gasteiger partial charge is 0.295 e. The predicted octanol–water partition coefficient (Wildman–Crippen LogP) is 5.03. The van der Waals surface area contributed by atoms with Gasteiger partial charge in [-0.25, -0.2) is 0 Å². The lowest BCUT2D eigenvalue weighted by Crippen LogP contribution is -2.21. The molecule has 2 nitrogen and oxygen atoms in total. The third-order valence-electron chi connectivity index (χ3n) is 5.83. The van der Waals surface area contributed by atoms with E-state index < -0.39 is 0 Å². The molecular formula is C23H28O2. The number of carbonyl (C=O) groups excluding carboxylic acids is 2. The Hall–Kier alpha value is -1.96. The summed E-state index contributed by atoms with van der Waals surface area (Å²) in [6.07, 6.45) is 6.65. The summed E-state index contributed by atoms with van der Waals surface area (Å²) in [6, 6.07) is 8.42. The lowest BCUT2D eigenvalue weighted by Gasteiger charge is -2.24. The van der Waals surface area contributed by atoms with E-state index in [1.807, 2.05) is 26.0 Å². The zero-order chi connectivity index (χ0) is 18.1. The molecule has 132 valence electrons. The molecule has 25 heavy (non-hydrogen) atoms. The van der Waals surface area contributed by atoms with Crippen LogP contribution < -0.4 is 0 Å². The van der Waals surface area contributed by atoms with Crippen molar-refractivity contribution < 1.29 is 9.59 Å². The van der Waals surface area contributed by atoms with Gasteiger partial charge in [-0.15, -0.1) is 0 Å². The van der Waals surface area contributed by atoms with E-state index >= 15 is 0 Å². The van der Waals surface area contributed by atoms with Crippen molar-refractivity contribution in [1.29, 1.82) is 0 Å². The van der Waals surface area contributed by atoms with Gasteiger partial charge in [-0.3, -0.25) is 9.59 Å². The third kappa shape index (κ3) is 3.84. The average molecular weight is 336 g/mol. The molecule has 0 aliphatic heterocycles. The van der Waals surface area contributed by atoms with Gasteiger partial charge in [-0.2, -0.15) is 0 Å². The van der Waals surface area contributed by atoms with Gasteiger partial charge in [0.05, 0.1) is 0 Å². The van der Waals surface area contributed by atoms with E-state index in [0.717, 1.165) is 30.4 Å². The molecule has 0 N–H and O–H groups in total. The van der Waals surface area contributed by atoms with Crippen LogP contribution in [0.2, 0.25) is 0 Å². The van der Waals surface area contributed by atoms with Crippen LogP contribution in [0, 0.1) is 23.7 Å². The van der Waals surface area contributed by atoms with Gasteiger partial charge in [0, 0.05) is 11.8 Å². The summed E-state index contributed by atoms with van der Waals surface area (Å²) >= 11 is 0. The SMILES string of the molecule is CC1CC(C)C(Cc2ccc(/C=C3/C(=O)C(C)CC3C)cc2)=CC1=O. The fraction of sp³-hybridized carbons (Fsp3) is 0.478. The Kier molecular flexibility index (Phi) is 5.08. The number of hydrogen-bond donors (Lipinski definition) is 0. The van der Waals surface area contributed by atoms with Crippen LogP contribution in [-0.2, 0) is 16.0 Å². The minimum Gasteiger partial charge on any atom is -0.295 e. The van der Waals surface area contributed by atoms with E-state index in [2.05, 4.69) is 38.1 Å². The molecule has 1 fully saturated rings. The molecular weight excluding hydrogens is 308 g/mol. The van der Waals surface area contributed by atoms with Crippen molar-refractivity contribution >= 4 is 17.6 Å². The standard InChI is InChI=1S/C23H28O2/c1-14-9-16(3)22(24)13-20(14)11-18-5-7-19(8-6-18)12-21-15(2)10-17(4)23(21)25/h5-8,12-17H,9-11H2,1-4H3/b21-12+. The molecule has 1 aromatic carbocycles. The predicted molar refractivity (Wildman–Crippen MR) is 102 cm³/mol. The van der Waals surface area contributed by atoms with Gasteiger partial charge in [-0.05, 0) is 60.0 Å². The molecule has 2 heteroatoms. The molecule has 4 atom stereocenters. The van der Waals surface area contributed by atoms with E-state index in [1.54, 1.807) is 0 Å². The molecule has 1 aromatic rings. The zero-order valence-corrected chi connectivity index (χ0v) is 15.7. The lowest BCUT2D eigenvalue weighted by molar-refractivity contribution is -0.119. The molecule has 0 bridgehead atoms. The first-order valence-corrected chi connectivity index (χ1v) is 9.44. The lowest BCUT2D eigenvalue weighted by atomic mass is 9.80. The van der Waals surface area contributed by atoms with Gasteiger partial charge in [0.1, 0.15) is 0 Å². The van der Waals surface area contributed by atoms with Crippen molar-refractivity contribution in [3.05, 3.63) is 52.6 Å². The second kappa shape index (κ2) is 7.11. The molecule has 2 aliphatic carbocycles. The summed E-state index contributed by atoms with van der Waals surface area (Å²) in [7, 11) is 0. The van der Waals surface area contributed by atoms with Crippen molar-refractivity contribution in [1.82, 2.24) is 0 Å². The van der Waals surface area contributed by atoms with Gasteiger partial charge < -0.3 is 0 Å². The number of benzene rings is 1. The summed E-state index contributed by atoms with van der Waals surface area (Å²) in [5.74, 6) is 1.68. The highest BCUT2D eigenvalue weighted by Gasteiger charge is 2.31. The Morgan fingerprint density at radius 2 is 1.52 bits per heavy atom. The van der Waals surface area contributed by atoms with Crippen molar-refractivity contribution in [2.24, 2.45) is 23.7 Å². The number of hydrogen-bond acceptors (Lipinski definition) is 2. The van der Waals surface area contributed by atoms with Crippen LogP contribution in [0.3, 0.4) is 0 Å². The maximum Gasteiger partial charge on any atom is 0.161 e. The molecule has 0 spiro atoms. The summed E-state index contributed by atoms with van der Waals surface area (Å²) in [5, 5.41) is 0. The maximum absolute atomic E-state index is 12.2. The molecule has 4 unspecified atom stereocenters. The monoisotopic (exact) mass is 336 g/mol. The highest BCUT2D eigenvalue weighted by molar-refractivity contribution is 6.03. The summed E-state index contributed by atoms with van der Waals surface area (Å²) in [4.78, 5) is 24.2. The first-order chi connectivity index (χ1) is 11.8. The number of carbonyl (C=O) groups is 2. The maximum atomic E-state index is 12.2. The van der Waals surface area contributed by atoms with Gasteiger partial charge in [0.2, 0.25) is 0 Å². The van der Waals surface area contributed by atoms with Gasteiger partial charge in [-0.1, -0.05) is 57.5 Å². The van der Waals surface area contributed by atoms with Crippen LogP contribution in [0.4, 0.5) is 0 Å². The number of Topliss-reactive ketones (excluding diaryl/α,β-unsaturated/α-hetero) is 1. The van der Waals surface area contributed by atoms with E-state index in [9.17, 15) is 9.59 Å². The molecule has 0 aromatic heterocycles. The second-order valence-corrected chi connectivity index (χ2v) is 8.08. The highest BCUT2D eigenvalue weighted by atomic mass is 16.1. The number of ketones is 2. The minimum absolute atomic E-state index is 0.153. The fourth-order valence-corrected chi connectivity index (χ4v) is 4.14. The van der Waals surface area contributed by atoms with Gasteiger partial charge in [0.25, 0.3) is 0 Å². The number of allylic oxidation sites excluding steroid dienone is 3. The molecule has 0 radical (unpaired) electrons. The first-order valence-electron chi connectivity index (χ1n) is 9.44. The summed E-state index contributed by atoms with van der Waals surface area (Å²) in [5.41, 5.74) is 4.51. The van der Waals surface area contributed by atoms with E-state index in [-0.39, 0.29) is 17.6 Å². The van der Waals surface area contributed by atoms with Crippen LogP contribution in [0.15, 0.2) is 41.5 Å². The molecule has 2 aliphatic rings. The Balaban J connectivity index is 1.74. The van der Waals surface area contributed by atoms with E-state index in [0.29, 0.717) is 17.6 Å². The smallest absolute Gasteiger partial charge is 0.161 e. The molecule has 0 saturated heterocycles. The van der Waals surface area contributed by atoms with Gasteiger partial charge >= 0.3 is 0 Å². The fourth-order valence-electron chi connectivity index (χ4n) is 4.14. The number of rotatable bonds is 3. The van der Waals surface area contributed by atoms with Crippen LogP contribution in [0.1, 0.15) is 51.7 Å². The molecule has 0 heterocycles. The molecule has 3 rings (SSSR count). The highest BCUT2D eigenvalue weighted by Crippen LogP contribution is 2.33. The van der Waals surface area contributed by atoms with E-state index in [4.69, 9.17) is 0 Å². The van der Waals surface area contributed by atoms with Crippen molar-refractivity contribution in [3.63, 3.8) is 0 Å². The summed E-state index contributed by atoms with van der Waals surface area (Å²) in [6.45, 7) is 8.38. The Morgan fingerprint density at radius 1 is 0.880 bits per heavy atom. The Morgan fingerprint density at radius 3 is 2.12 bits per heavy atom. The van der Waals surface area contributed by atoms with Crippen LogP contribution in [0.5, 0.6) is 0 Å². The third-order valence-corrected chi connectivity index (χ3v) is 5.83.